The van der Waals surface area contributed by atoms with Crippen molar-refractivity contribution in [3.05, 3.63) is 63.1 Å². The first kappa shape index (κ1) is 18.3. The van der Waals surface area contributed by atoms with Gasteiger partial charge in [0.15, 0.2) is 6.61 Å². The summed E-state index contributed by atoms with van der Waals surface area (Å²) in [4.78, 5) is 23.7. The van der Waals surface area contributed by atoms with Crippen molar-refractivity contribution < 1.29 is 14.3 Å². The van der Waals surface area contributed by atoms with Gasteiger partial charge in [-0.2, -0.15) is 0 Å². The molecule has 0 radical (unpaired) electrons. The van der Waals surface area contributed by atoms with Crippen molar-refractivity contribution >= 4 is 40.8 Å². The maximum atomic E-state index is 11.9. The van der Waals surface area contributed by atoms with Crippen LogP contribution >= 0.6 is 23.2 Å². The van der Waals surface area contributed by atoms with E-state index in [1.54, 1.807) is 18.2 Å². The van der Waals surface area contributed by atoms with Gasteiger partial charge >= 0.3 is 5.97 Å². The summed E-state index contributed by atoms with van der Waals surface area (Å²) in [5.41, 5.74) is 3.41. The molecule has 0 spiro atoms. The third-order valence-electron chi connectivity index (χ3n) is 3.51. The number of hydrogen-bond acceptors (Lipinski definition) is 3. The summed E-state index contributed by atoms with van der Waals surface area (Å²) < 4.78 is 4.99. The van der Waals surface area contributed by atoms with Gasteiger partial charge in [-0.25, -0.2) is 0 Å². The number of aryl methyl sites for hydroxylation is 2. The van der Waals surface area contributed by atoms with Gasteiger partial charge in [-0.05, 0) is 42.7 Å². The normalized spacial score (nSPS) is 10.3. The Hall–Kier alpha value is -2.04. The van der Waals surface area contributed by atoms with E-state index in [4.69, 9.17) is 27.9 Å². The molecule has 0 bridgehead atoms. The summed E-state index contributed by atoms with van der Waals surface area (Å²) in [5.74, 6) is -0.975. The van der Waals surface area contributed by atoms with Crippen molar-refractivity contribution in [2.75, 3.05) is 11.9 Å². The number of esters is 1. The van der Waals surface area contributed by atoms with Crippen LogP contribution in [-0.2, 0) is 20.7 Å². The van der Waals surface area contributed by atoms with Gasteiger partial charge in [-0.3, -0.25) is 9.59 Å². The van der Waals surface area contributed by atoms with Gasteiger partial charge in [0, 0.05) is 0 Å². The molecule has 0 aliphatic carbocycles. The maximum Gasteiger partial charge on any atom is 0.310 e. The van der Waals surface area contributed by atoms with Crippen molar-refractivity contribution in [2.45, 2.75) is 20.3 Å². The Labute approximate surface area is 150 Å². The Balaban J connectivity index is 1.87. The van der Waals surface area contributed by atoms with Gasteiger partial charge in [-0.1, -0.05) is 47.5 Å². The lowest BCUT2D eigenvalue weighted by atomic mass is 10.0. The molecule has 0 unspecified atom stereocenters. The zero-order chi connectivity index (χ0) is 17.7. The van der Waals surface area contributed by atoms with Crippen LogP contribution in [0.15, 0.2) is 36.4 Å². The lowest BCUT2D eigenvalue weighted by Crippen LogP contribution is -2.22. The standard InChI is InChI=1S/C18H17Cl2NO3/c1-11-6-7-13(8-12(11)2)9-17(23)24-10-16(22)21-18-14(19)4-3-5-15(18)20/h3-8H,9-10H2,1-2H3,(H,21,22). The van der Waals surface area contributed by atoms with Crippen molar-refractivity contribution in [2.24, 2.45) is 0 Å². The minimum atomic E-state index is -0.501. The fraction of sp³-hybridized carbons (Fsp3) is 0.222. The number of hydrogen-bond donors (Lipinski definition) is 1. The van der Waals surface area contributed by atoms with E-state index in [1.165, 1.54) is 0 Å². The Morgan fingerprint density at radius 3 is 2.33 bits per heavy atom. The molecule has 2 aromatic rings. The number of anilines is 1. The smallest absolute Gasteiger partial charge is 0.310 e. The molecule has 24 heavy (non-hydrogen) atoms. The van der Waals surface area contributed by atoms with E-state index >= 15 is 0 Å². The third-order valence-corrected chi connectivity index (χ3v) is 4.14. The molecule has 6 heteroatoms. The molecule has 1 amide bonds. The largest absolute Gasteiger partial charge is 0.455 e. The fourth-order valence-electron chi connectivity index (χ4n) is 2.07. The summed E-state index contributed by atoms with van der Waals surface area (Å²) >= 11 is 11.9. The number of para-hydroxylation sites is 1. The number of carbonyl (C=O) groups excluding carboxylic acids is 2. The molecular formula is C18H17Cl2NO3. The lowest BCUT2D eigenvalue weighted by molar-refractivity contribution is -0.146. The molecule has 0 aromatic heterocycles. The zero-order valence-corrected chi connectivity index (χ0v) is 14.9. The highest BCUT2D eigenvalue weighted by atomic mass is 35.5. The van der Waals surface area contributed by atoms with E-state index in [0.717, 1.165) is 16.7 Å². The predicted molar refractivity (Wildman–Crippen MR) is 95.7 cm³/mol. The van der Waals surface area contributed by atoms with Gasteiger partial charge in [0.2, 0.25) is 0 Å². The van der Waals surface area contributed by atoms with Gasteiger partial charge in [0.1, 0.15) is 0 Å². The molecule has 0 aliphatic rings. The molecular weight excluding hydrogens is 349 g/mol. The molecule has 0 saturated carbocycles. The average Bonchev–Trinajstić information content (AvgIpc) is 2.53. The molecule has 2 aromatic carbocycles. The predicted octanol–water partition coefficient (Wildman–Crippen LogP) is 4.33. The Kier molecular flexibility index (Phi) is 6.23. The van der Waals surface area contributed by atoms with Gasteiger partial charge < -0.3 is 10.1 Å². The molecule has 0 atom stereocenters. The first-order valence-corrected chi connectivity index (χ1v) is 8.08. The zero-order valence-electron chi connectivity index (χ0n) is 13.4. The van der Waals surface area contributed by atoms with Crippen LogP contribution in [0.1, 0.15) is 16.7 Å². The van der Waals surface area contributed by atoms with E-state index < -0.39 is 18.5 Å². The summed E-state index contributed by atoms with van der Waals surface area (Å²) in [6.45, 7) is 3.58. The van der Waals surface area contributed by atoms with E-state index in [-0.39, 0.29) is 6.42 Å². The molecule has 4 nitrogen and oxygen atoms in total. The van der Waals surface area contributed by atoms with Crippen molar-refractivity contribution in [3.63, 3.8) is 0 Å². The summed E-state index contributed by atoms with van der Waals surface area (Å²) in [6, 6.07) is 10.6. The number of benzene rings is 2. The second-order valence-electron chi connectivity index (χ2n) is 5.40. The van der Waals surface area contributed by atoms with Gasteiger partial charge in [-0.15, -0.1) is 0 Å². The minimum absolute atomic E-state index is 0.112. The number of ether oxygens (including phenoxy) is 1. The van der Waals surface area contributed by atoms with Crippen LogP contribution in [0, 0.1) is 13.8 Å². The molecule has 0 heterocycles. The van der Waals surface area contributed by atoms with Gasteiger partial charge in [0.05, 0.1) is 22.2 Å². The van der Waals surface area contributed by atoms with Crippen molar-refractivity contribution in [3.8, 4) is 0 Å². The third kappa shape index (κ3) is 4.98. The Morgan fingerprint density at radius 2 is 1.71 bits per heavy atom. The fourth-order valence-corrected chi connectivity index (χ4v) is 2.56. The van der Waals surface area contributed by atoms with Crippen molar-refractivity contribution in [1.29, 1.82) is 0 Å². The molecule has 126 valence electrons. The van der Waals surface area contributed by atoms with Crippen LogP contribution in [-0.4, -0.2) is 18.5 Å². The van der Waals surface area contributed by atoms with Crippen LogP contribution in [0.25, 0.3) is 0 Å². The van der Waals surface area contributed by atoms with Gasteiger partial charge in [0.25, 0.3) is 5.91 Å². The van der Waals surface area contributed by atoms with Crippen LogP contribution in [0.4, 0.5) is 5.69 Å². The molecule has 0 aliphatic heterocycles. The maximum absolute atomic E-state index is 11.9. The van der Waals surface area contributed by atoms with E-state index in [1.807, 2.05) is 32.0 Å². The number of nitrogens with one attached hydrogen (secondary N) is 1. The molecule has 0 saturated heterocycles. The first-order valence-electron chi connectivity index (χ1n) is 7.32. The highest BCUT2D eigenvalue weighted by Gasteiger charge is 2.12. The second kappa shape index (κ2) is 8.18. The highest BCUT2D eigenvalue weighted by Crippen LogP contribution is 2.29. The SMILES string of the molecule is Cc1ccc(CC(=O)OCC(=O)Nc2c(Cl)cccc2Cl)cc1C. The second-order valence-corrected chi connectivity index (χ2v) is 6.22. The summed E-state index contributed by atoms with van der Waals surface area (Å²) in [5, 5.41) is 3.17. The number of amides is 1. The minimum Gasteiger partial charge on any atom is -0.455 e. The topological polar surface area (TPSA) is 55.4 Å². The molecule has 0 fully saturated rings. The monoisotopic (exact) mass is 365 g/mol. The number of halogens is 2. The Bertz CT molecular complexity index is 755. The first-order chi connectivity index (χ1) is 11.4. The Morgan fingerprint density at radius 1 is 1.04 bits per heavy atom. The van der Waals surface area contributed by atoms with E-state index in [2.05, 4.69) is 5.32 Å². The lowest BCUT2D eigenvalue weighted by Gasteiger charge is -2.10. The molecule has 2 rings (SSSR count). The van der Waals surface area contributed by atoms with E-state index in [9.17, 15) is 9.59 Å². The van der Waals surface area contributed by atoms with Crippen molar-refractivity contribution in [1.82, 2.24) is 0 Å². The highest BCUT2D eigenvalue weighted by molar-refractivity contribution is 6.39. The van der Waals surface area contributed by atoms with Crippen LogP contribution in [0.2, 0.25) is 10.0 Å². The van der Waals surface area contributed by atoms with E-state index in [0.29, 0.717) is 15.7 Å². The summed E-state index contributed by atoms with van der Waals surface area (Å²) in [7, 11) is 0. The summed E-state index contributed by atoms with van der Waals surface area (Å²) in [6.07, 6.45) is 0.112. The quantitative estimate of drug-likeness (QED) is 0.802. The van der Waals surface area contributed by atoms with Crippen LogP contribution < -0.4 is 5.32 Å². The number of carbonyl (C=O) groups is 2. The van der Waals surface area contributed by atoms with Crippen LogP contribution in [0.5, 0.6) is 0 Å². The molecule has 1 N–H and O–H groups in total. The van der Waals surface area contributed by atoms with Crippen LogP contribution in [0.3, 0.4) is 0 Å². The number of rotatable bonds is 5. The average molecular weight is 366 g/mol.